The standard InChI is InChI=1S/C78H89N5O9/c1-77-26-9-15-51(77)14-8-16-58-70-52(20-22-68(90)91)69(57(41-82-77)73-75(70)74-59(83-58)39-60(84)55-32-50(30-42-10-4-3-5-11-42)56-40-81-76(73)72(56)71(55)74)49-24-28-78(66(89)35-49)27-23-47(54-38-63(87)64(92-2)34-46(54)19-21-65(78)88)33-61(85)62(86)37-53(48-25-29-80-67(79)36-48)45-18-17-43-12-6-7-13-44(43)31-45/h3-7,10-13,17-18,25,31-32,34,36,38,40,47,49,51-53,55,57-59,61-62,66,68-71,73-75,80-83,85-87,89-91H,9,15-16,19-22,24,26,28-30,33,35,37,39,41,79H2,1-2H3. The monoisotopic (exact) mass is 1240 g/mol. The summed E-state index contributed by atoms with van der Waals surface area (Å²) in [6, 6.07) is 28.2. The number of hydrogen-bond donors (Lipinski definition) is 11. The number of piperidine rings is 1. The lowest BCUT2D eigenvalue weighted by atomic mass is 9.40. The van der Waals surface area contributed by atoms with Crippen molar-refractivity contribution < 1.29 is 45.0 Å². The van der Waals surface area contributed by atoms with Crippen LogP contribution in [0.3, 0.4) is 0 Å². The second-order valence-electron chi connectivity index (χ2n) is 29.4. The van der Waals surface area contributed by atoms with Crippen molar-refractivity contribution in [2.45, 2.75) is 169 Å². The van der Waals surface area contributed by atoms with Crippen LogP contribution in [-0.2, 0) is 22.4 Å². The Morgan fingerprint density at radius 1 is 0.870 bits per heavy atom. The van der Waals surface area contributed by atoms with Crippen molar-refractivity contribution in [1.82, 2.24) is 20.9 Å². The number of phenols is 1. The first-order valence-corrected chi connectivity index (χ1v) is 34.3. The number of aliphatic hydroxyl groups is 5. The van der Waals surface area contributed by atoms with Crippen LogP contribution in [0.1, 0.15) is 153 Å². The number of nitrogens with one attached hydrogen (secondary N) is 4. The second-order valence-corrected chi connectivity index (χ2v) is 29.4. The molecule has 5 heterocycles. The Morgan fingerprint density at radius 3 is 2.50 bits per heavy atom. The van der Waals surface area contributed by atoms with Crippen molar-refractivity contribution in [3.8, 4) is 35.2 Å². The van der Waals surface area contributed by atoms with Gasteiger partial charge in [-0.1, -0.05) is 109 Å². The van der Waals surface area contributed by atoms with Crippen LogP contribution in [0.5, 0.6) is 11.5 Å². The summed E-state index contributed by atoms with van der Waals surface area (Å²) in [5, 5.41) is 85.2. The van der Waals surface area contributed by atoms with E-state index in [1.54, 1.807) is 12.1 Å². The van der Waals surface area contributed by atoms with Gasteiger partial charge in [0.05, 0.1) is 31.2 Å². The molecule has 4 aliphatic heterocycles. The highest BCUT2D eigenvalue weighted by molar-refractivity contribution is 5.91. The van der Waals surface area contributed by atoms with Crippen LogP contribution < -0.4 is 26.4 Å². The third kappa shape index (κ3) is 10.6. The van der Waals surface area contributed by atoms with Crippen LogP contribution in [0, 0.1) is 82.4 Å². The number of carbonyl (C=O) groups is 2. The van der Waals surface area contributed by atoms with E-state index in [0.717, 1.165) is 53.2 Å². The molecule has 1 aromatic heterocycles. The van der Waals surface area contributed by atoms with Crippen molar-refractivity contribution in [3.05, 3.63) is 160 Å². The molecule has 20 unspecified atom stereocenters. The van der Waals surface area contributed by atoms with Gasteiger partial charge in [-0.25, -0.2) is 0 Å². The highest BCUT2D eigenvalue weighted by atomic mass is 16.5. The quantitative estimate of drug-likeness (QED) is 0.0368. The number of H-pyrrole nitrogens is 1. The third-order valence-corrected chi connectivity index (χ3v) is 24.7. The van der Waals surface area contributed by atoms with Crippen LogP contribution in [0.4, 0.5) is 0 Å². The zero-order valence-corrected chi connectivity index (χ0v) is 52.9. The number of ketones is 2. The summed E-state index contributed by atoms with van der Waals surface area (Å²) in [5.74, 6) is 14.4. The van der Waals surface area contributed by atoms with Gasteiger partial charge in [0.2, 0.25) is 0 Å². The van der Waals surface area contributed by atoms with E-state index in [0.29, 0.717) is 63.0 Å². The predicted octanol–water partition coefficient (Wildman–Crippen LogP) is 9.05. The number of aliphatic hydroxyl groups excluding tert-OH is 4. The number of carbonyl (C=O) groups excluding carboxylic acids is 2. The van der Waals surface area contributed by atoms with Crippen LogP contribution in [-0.4, -0.2) is 110 Å². The fraction of sp³-hybridized carbons (Fsp3) is 0.513. The first-order chi connectivity index (χ1) is 44.6. The van der Waals surface area contributed by atoms with Crippen molar-refractivity contribution in [2.75, 3.05) is 20.2 Å². The molecule has 1 saturated heterocycles. The number of aromatic nitrogens is 1. The molecule has 14 heteroatoms. The predicted molar refractivity (Wildman–Crippen MR) is 353 cm³/mol. The van der Waals surface area contributed by atoms with Crippen molar-refractivity contribution in [1.29, 1.82) is 0 Å². The van der Waals surface area contributed by atoms with Gasteiger partial charge in [0.1, 0.15) is 11.2 Å². The summed E-state index contributed by atoms with van der Waals surface area (Å²) in [4.78, 5) is 34.3. The summed E-state index contributed by atoms with van der Waals surface area (Å²) in [6.45, 7) is 3.57. The summed E-state index contributed by atoms with van der Waals surface area (Å²) >= 11 is 0. The van der Waals surface area contributed by atoms with Crippen molar-refractivity contribution >= 4 is 27.9 Å². The highest BCUT2D eigenvalue weighted by Crippen LogP contribution is 2.69. The summed E-state index contributed by atoms with van der Waals surface area (Å²) < 4.78 is 5.64. The number of benzene rings is 4. The highest BCUT2D eigenvalue weighted by Gasteiger charge is 2.67. The number of aromatic amines is 1. The lowest BCUT2D eigenvalue weighted by Gasteiger charge is -2.67. The first-order valence-electron chi connectivity index (χ1n) is 34.3. The smallest absolute Gasteiger partial charge is 0.160 e. The summed E-state index contributed by atoms with van der Waals surface area (Å²) in [7, 11) is 1.49. The van der Waals surface area contributed by atoms with Gasteiger partial charge >= 0.3 is 0 Å². The fourth-order valence-corrected chi connectivity index (χ4v) is 20.5. The van der Waals surface area contributed by atoms with Gasteiger partial charge in [-0.15, -0.1) is 5.92 Å². The Kier molecular flexibility index (Phi) is 16.2. The number of fused-ring (bicyclic) bond motifs is 5. The number of nitrogens with two attached hydrogens (primary N) is 1. The average molecular weight is 1240 g/mol. The number of aryl methyl sites for hydroxylation is 1. The molecule has 0 radical (unpaired) electrons. The molecule has 5 fully saturated rings. The molecular weight excluding hydrogens is 1150 g/mol. The number of rotatable bonds is 14. The van der Waals surface area contributed by atoms with E-state index in [-0.39, 0.29) is 144 Å². The Balaban J connectivity index is 0.798. The molecule has 480 valence electrons. The van der Waals surface area contributed by atoms with Gasteiger partial charge in [0.25, 0.3) is 0 Å². The number of ether oxygens (including phenoxy) is 1. The maximum absolute atomic E-state index is 15.5. The molecule has 4 aromatic carbocycles. The Morgan fingerprint density at radius 2 is 1.70 bits per heavy atom. The van der Waals surface area contributed by atoms with Crippen molar-refractivity contribution in [3.63, 3.8) is 0 Å². The van der Waals surface area contributed by atoms with Crippen LogP contribution in [0.15, 0.2) is 121 Å². The maximum Gasteiger partial charge on any atom is 0.160 e. The SMILES string of the molecule is COc1cc2c(cc1O)C(CC(O)C(O)CC(C1=CCNC(N)=C1)c1ccc3ccccc3c1)C#CC1(CCC(C3C4CNC5(C)CCCC5C#CCC5NC6CC(=O)C7C=C(Cc8ccccc8)c8c[nH]c9c8C7C6C(C94)C5C3CCC(O)O)CC1O)C(=O)CC2. The second kappa shape index (κ2) is 24.4. The molecule has 12 N–H and O–H groups in total. The molecule has 0 amide bonds. The minimum atomic E-state index is -1.52. The van der Waals surface area contributed by atoms with Gasteiger partial charge in [-0.2, -0.15) is 0 Å². The molecule has 16 rings (SSSR count). The molecule has 4 bridgehead atoms. The van der Waals surface area contributed by atoms with Crippen LogP contribution >= 0.6 is 0 Å². The molecule has 92 heavy (non-hydrogen) atoms. The van der Waals surface area contributed by atoms with Gasteiger partial charge in [-0.3, -0.25) is 9.59 Å². The number of methoxy groups -OCH3 is 1. The maximum atomic E-state index is 15.5. The molecule has 11 aliphatic rings. The Hall–Kier alpha value is -6.98. The zero-order valence-electron chi connectivity index (χ0n) is 52.9. The topological polar surface area (TPSA) is 243 Å². The normalized spacial score (nSPS) is 35.1. The molecule has 14 nitrogen and oxygen atoms in total. The molecule has 1 spiro atoms. The van der Waals surface area contributed by atoms with E-state index >= 15 is 4.79 Å². The van der Waals surface area contributed by atoms with E-state index in [2.05, 4.69) is 124 Å². The van der Waals surface area contributed by atoms with Crippen LogP contribution in [0.25, 0.3) is 16.3 Å². The minimum Gasteiger partial charge on any atom is -0.504 e. The van der Waals surface area contributed by atoms with E-state index in [1.165, 1.54) is 35.1 Å². The van der Waals surface area contributed by atoms with Gasteiger partial charge in [-0.05, 0) is 199 Å². The lowest BCUT2D eigenvalue weighted by molar-refractivity contribution is -0.149. The number of aromatic hydroxyl groups is 1. The summed E-state index contributed by atoms with van der Waals surface area (Å²) in [6.07, 6.45) is 10.6. The molecule has 20 atom stereocenters. The van der Waals surface area contributed by atoms with Gasteiger partial charge in [0.15, 0.2) is 23.6 Å². The molecular formula is C78H89N5O9. The minimum absolute atomic E-state index is 0.00510. The number of phenolic OH excluding ortho intramolecular Hbond substituents is 1. The lowest BCUT2D eigenvalue weighted by Crippen LogP contribution is -2.70. The number of allylic oxidation sites excluding steroid dienone is 4. The Bertz CT molecular complexity index is 3920. The first kappa shape index (κ1) is 61.2. The molecule has 5 aromatic rings. The average Bonchev–Trinajstić information content (AvgIpc) is 1.17. The fourth-order valence-electron chi connectivity index (χ4n) is 20.5. The number of dihydropyridines is 1. The number of Topliss-reactive ketones (excluding diaryl/α,β-unsaturated/α-hetero) is 2. The zero-order chi connectivity index (χ0) is 63.3. The van der Waals surface area contributed by atoms with Crippen LogP contribution in [0.2, 0.25) is 0 Å². The number of hydrogen-bond acceptors (Lipinski definition) is 13. The largest absolute Gasteiger partial charge is 0.504 e. The van der Waals surface area contributed by atoms with E-state index < -0.39 is 35.9 Å². The van der Waals surface area contributed by atoms with Gasteiger partial charge < -0.3 is 62.0 Å². The molecule has 7 aliphatic carbocycles. The third-order valence-electron chi connectivity index (χ3n) is 24.7. The van der Waals surface area contributed by atoms with E-state index in [4.69, 9.17) is 10.5 Å². The van der Waals surface area contributed by atoms with Gasteiger partial charge in [0, 0.05) is 90.8 Å². The van der Waals surface area contributed by atoms with E-state index in [9.17, 15) is 35.4 Å². The van der Waals surface area contributed by atoms with Crippen molar-refractivity contribution in [2.24, 2.45) is 64.4 Å². The van der Waals surface area contributed by atoms with E-state index in [1.807, 2.05) is 24.3 Å². The molecule has 4 saturated carbocycles. The Labute approximate surface area is 540 Å². The summed E-state index contributed by atoms with van der Waals surface area (Å²) in [5.41, 5.74) is 14.1.